The van der Waals surface area contributed by atoms with Crippen LogP contribution in [0.25, 0.3) is 0 Å². The fraction of sp³-hybridized carbons (Fsp3) is 0.357. The number of hydrogen-bond acceptors (Lipinski definition) is 4. The lowest BCUT2D eigenvalue weighted by atomic mass is 10.0. The second-order valence-electron chi connectivity index (χ2n) is 4.96. The molecule has 20 heavy (non-hydrogen) atoms. The van der Waals surface area contributed by atoms with E-state index in [0.717, 1.165) is 19.4 Å². The molecule has 104 valence electrons. The molecule has 6 nitrogen and oxygen atoms in total. The lowest BCUT2D eigenvalue weighted by Gasteiger charge is -2.25. The number of carbonyl (C=O) groups is 1. The SMILES string of the molecule is Nc1ncn(CC(=O)N2CCCC2c2ccccc2)n1. The van der Waals surface area contributed by atoms with E-state index in [1.807, 2.05) is 23.1 Å². The molecule has 1 aliphatic rings. The Morgan fingerprint density at radius 2 is 2.15 bits per heavy atom. The van der Waals surface area contributed by atoms with Gasteiger partial charge >= 0.3 is 0 Å². The van der Waals surface area contributed by atoms with Crippen molar-refractivity contribution in [2.24, 2.45) is 0 Å². The van der Waals surface area contributed by atoms with Crippen LogP contribution in [0.1, 0.15) is 24.4 Å². The Kier molecular flexibility index (Phi) is 3.37. The van der Waals surface area contributed by atoms with Crippen molar-refractivity contribution in [3.63, 3.8) is 0 Å². The van der Waals surface area contributed by atoms with Crippen molar-refractivity contribution >= 4 is 11.9 Å². The van der Waals surface area contributed by atoms with Gasteiger partial charge in [0.1, 0.15) is 12.9 Å². The highest BCUT2D eigenvalue weighted by Gasteiger charge is 2.29. The molecule has 2 N–H and O–H groups in total. The van der Waals surface area contributed by atoms with E-state index < -0.39 is 0 Å². The Labute approximate surface area is 117 Å². The highest BCUT2D eigenvalue weighted by molar-refractivity contribution is 5.76. The summed E-state index contributed by atoms with van der Waals surface area (Å²) in [6.45, 7) is 0.982. The number of nitrogens with zero attached hydrogens (tertiary/aromatic N) is 4. The molecule has 2 heterocycles. The largest absolute Gasteiger partial charge is 0.367 e. The number of carbonyl (C=O) groups excluding carboxylic acids is 1. The van der Waals surface area contributed by atoms with Crippen molar-refractivity contribution in [1.29, 1.82) is 0 Å². The van der Waals surface area contributed by atoms with Crippen LogP contribution in [-0.4, -0.2) is 32.1 Å². The molecule has 0 spiro atoms. The molecule has 1 amide bonds. The van der Waals surface area contributed by atoms with E-state index in [2.05, 4.69) is 22.2 Å². The van der Waals surface area contributed by atoms with Crippen LogP contribution in [0.4, 0.5) is 5.95 Å². The maximum Gasteiger partial charge on any atom is 0.244 e. The number of hydrogen-bond donors (Lipinski definition) is 1. The van der Waals surface area contributed by atoms with Crippen LogP contribution >= 0.6 is 0 Å². The summed E-state index contributed by atoms with van der Waals surface area (Å²) in [6, 6.07) is 10.3. The summed E-state index contributed by atoms with van der Waals surface area (Å²) in [5, 5.41) is 3.96. The number of nitrogen functional groups attached to an aromatic ring is 1. The summed E-state index contributed by atoms with van der Waals surface area (Å²) >= 11 is 0. The molecule has 2 aromatic rings. The predicted molar refractivity (Wildman–Crippen MR) is 74.6 cm³/mol. The molecule has 0 radical (unpaired) electrons. The lowest BCUT2D eigenvalue weighted by Crippen LogP contribution is -2.33. The van der Waals surface area contributed by atoms with Gasteiger partial charge in [-0.25, -0.2) is 9.67 Å². The van der Waals surface area contributed by atoms with Crippen LogP contribution in [-0.2, 0) is 11.3 Å². The maximum atomic E-state index is 12.4. The normalized spacial score (nSPS) is 18.4. The molecule has 1 aromatic heterocycles. The number of amides is 1. The topological polar surface area (TPSA) is 77.0 Å². The van der Waals surface area contributed by atoms with E-state index in [-0.39, 0.29) is 24.4 Å². The average Bonchev–Trinajstić information content (AvgIpc) is 3.09. The fourth-order valence-corrected chi connectivity index (χ4v) is 2.70. The highest BCUT2D eigenvalue weighted by atomic mass is 16.2. The van der Waals surface area contributed by atoms with Crippen LogP contribution in [0.3, 0.4) is 0 Å². The maximum absolute atomic E-state index is 12.4. The van der Waals surface area contributed by atoms with Crippen LogP contribution in [0.15, 0.2) is 36.7 Å². The van der Waals surface area contributed by atoms with Gasteiger partial charge < -0.3 is 10.6 Å². The molecule has 1 saturated heterocycles. The molecule has 6 heteroatoms. The highest BCUT2D eigenvalue weighted by Crippen LogP contribution is 2.31. The fourth-order valence-electron chi connectivity index (χ4n) is 2.70. The van der Waals surface area contributed by atoms with Gasteiger partial charge in [0.25, 0.3) is 0 Å². The first kappa shape index (κ1) is 12.7. The Hall–Kier alpha value is -2.37. The summed E-state index contributed by atoms with van der Waals surface area (Å²) in [5.41, 5.74) is 6.65. The zero-order chi connectivity index (χ0) is 13.9. The second kappa shape index (κ2) is 5.32. The first-order chi connectivity index (χ1) is 9.74. The second-order valence-corrected chi connectivity index (χ2v) is 4.96. The van der Waals surface area contributed by atoms with Gasteiger partial charge in [0.15, 0.2) is 0 Å². The number of benzene rings is 1. The lowest BCUT2D eigenvalue weighted by molar-refractivity contribution is -0.133. The molecule has 0 aliphatic carbocycles. The minimum absolute atomic E-state index is 0.0567. The van der Waals surface area contributed by atoms with E-state index in [4.69, 9.17) is 5.73 Å². The van der Waals surface area contributed by atoms with Crippen molar-refractivity contribution < 1.29 is 4.79 Å². The Morgan fingerprint density at radius 1 is 1.35 bits per heavy atom. The Morgan fingerprint density at radius 3 is 2.85 bits per heavy atom. The minimum Gasteiger partial charge on any atom is -0.367 e. The first-order valence-electron chi connectivity index (χ1n) is 6.73. The molecule has 0 bridgehead atoms. The van der Waals surface area contributed by atoms with E-state index in [1.54, 1.807) is 0 Å². The Bertz CT molecular complexity index is 595. The van der Waals surface area contributed by atoms with Crippen LogP contribution in [0.2, 0.25) is 0 Å². The van der Waals surface area contributed by atoms with Crippen LogP contribution in [0, 0.1) is 0 Å². The van der Waals surface area contributed by atoms with Crippen LogP contribution in [0.5, 0.6) is 0 Å². The first-order valence-corrected chi connectivity index (χ1v) is 6.73. The molecular weight excluding hydrogens is 254 g/mol. The molecular formula is C14H17N5O. The van der Waals surface area contributed by atoms with Gasteiger partial charge in [-0.2, -0.15) is 0 Å². The molecule has 1 unspecified atom stereocenters. The van der Waals surface area contributed by atoms with Crippen molar-refractivity contribution in [3.8, 4) is 0 Å². The van der Waals surface area contributed by atoms with E-state index >= 15 is 0 Å². The van der Waals surface area contributed by atoms with Gasteiger partial charge in [-0.3, -0.25) is 4.79 Å². The molecule has 1 aromatic carbocycles. The van der Waals surface area contributed by atoms with E-state index in [0.29, 0.717) is 0 Å². The number of anilines is 1. The van der Waals surface area contributed by atoms with Crippen molar-refractivity contribution in [2.45, 2.75) is 25.4 Å². The van der Waals surface area contributed by atoms with Gasteiger partial charge in [-0.05, 0) is 18.4 Å². The zero-order valence-corrected chi connectivity index (χ0v) is 11.1. The van der Waals surface area contributed by atoms with Gasteiger partial charge in [0.2, 0.25) is 11.9 Å². The summed E-state index contributed by atoms with van der Waals surface area (Å²) in [4.78, 5) is 18.2. The standard InChI is InChI=1S/C14H17N5O/c15-14-16-10-18(17-14)9-13(20)19-8-4-7-12(19)11-5-2-1-3-6-11/h1-3,5-6,10,12H,4,7-9H2,(H2,15,17). The van der Waals surface area contributed by atoms with Crippen LogP contribution < -0.4 is 5.73 Å². The quantitative estimate of drug-likeness (QED) is 0.910. The molecule has 3 rings (SSSR count). The summed E-state index contributed by atoms with van der Waals surface area (Å²) in [6.07, 6.45) is 3.53. The minimum atomic E-state index is 0.0567. The van der Waals surface area contributed by atoms with Gasteiger partial charge in [-0.1, -0.05) is 30.3 Å². The smallest absolute Gasteiger partial charge is 0.244 e. The number of aromatic nitrogens is 3. The predicted octanol–water partition coefficient (Wildman–Crippen LogP) is 1.22. The molecule has 1 aliphatic heterocycles. The number of likely N-dealkylation sites (tertiary alicyclic amines) is 1. The number of nitrogens with two attached hydrogens (primary N) is 1. The summed E-state index contributed by atoms with van der Waals surface area (Å²) < 4.78 is 1.48. The Balaban J connectivity index is 1.73. The van der Waals surface area contributed by atoms with Crippen molar-refractivity contribution in [2.75, 3.05) is 12.3 Å². The van der Waals surface area contributed by atoms with Gasteiger partial charge in [0.05, 0.1) is 6.04 Å². The van der Waals surface area contributed by atoms with E-state index in [9.17, 15) is 4.79 Å². The average molecular weight is 271 g/mol. The molecule has 0 saturated carbocycles. The third-order valence-electron chi connectivity index (χ3n) is 3.61. The van der Waals surface area contributed by atoms with Crippen molar-refractivity contribution in [3.05, 3.63) is 42.2 Å². The zero-order valence-electron chi connectivity index (χ0n) is 11.1. The summed E-state index contributed by atoms with van der Waals surface area (Å²) in [5.74, 6) is 0.250. The monoisotopic (exact) mass is 271 g/mol. The van der Waals surface area contributed by atoms with Gasteiger partial charge in [0, 0.05) is 6.54 Å². The molecule has 1 atom stereocenters. The third-order valence-corrected chi connectivity index (χ3v) is 3.61. The summed E-state index contributed by atoms with van der Waals surface area (Å²) in [7, 11) is 0. The number of rotatable bonds is 3. The molecule has 1 fully saturated rings. The van der Waals surface area contributed by atoms with Crippen molar-refractivity contribution in [1.82, 2.24) is 19.7 Å². The van der Waals surface area contributed by atoms with E-state index in [1.165, 1.54) is 16.6 Å². The van der Waals surface area contributed by atoms with Gasteiger partial charge in [-0.15, -0.1) is 5.10 Å². The third kappa shape index (κ3) is 2.49.